The van der Waals surface area contributed by atoms with Crippen LogP contribution in [0.25, 0.3) is 0 Å². The highest BCUT2D eigenvalue weighted by molar-refractivity contribution is 5.01. The highest BCUT2D eigenvalue weighted by Crippen LogP contribution is 2.38. The zero-order chi connectivity index (χ0) is 9.68. The highest BCUT2D eigenvalue weighted by atomic mass is 14.3. The first-order chi connectivity index (χ1) is 6.25. The standard InChI is InChI=1S/C13H24/c1-4-5-6-8-12-9-7-10-13(12)11(2)3/h12-13H,2,4-10H2,1,3H3. The number of rotatable bonds is 5. The van der Waals surface area contributed by atoms with E-state index in [1.807, 2.05) is 0 Å². The number of allylic oxidation sites excluding steroid dienone is 1. The van der Waals surface area contributed by atoms with Gasteiger partial charge in [-0.25, -0.2) is 0 Å². The second kappa shape index (κ2) is 5.47. The normalized spacial score (nSPS) is 27.8. The molecule has 0 spiro atoms. The summed E-state index contributed by atoms with van der Waals surface area (Å²) in [5, 5.41) is 0. The number of unbranched alkanes of at least 4 members (excludes halogenated alkanes) is 2. The van der Waals surface area contributed by atoms with Crippen LogP contribution in [0.2, 0.25) is 0 Å². The average molecular weight is 180 g/mol. The molecule has 0 aliphatic heterocycles. The molecule has 0 radical (unpaired) electrons. The van der Waals surface area contributed by atoms with E-state index in [1.165, 1.54) is 50.5 Å². The molecule has 0 aromatic rings. The Bertz CT molecular complexity index is 157. The molecule has 0 heterocycles. The van der Waals surface area contributed by atoms with Gasteiger partial charge in [-0.05, 0) is 38.0 Å². The van der Waals surface area contributed by atoms with Gasteiger partial charge >= 0.3 is 0 Å². The minimum atomic E-state index is 0.858. The molecule has 1 fully saturated rings. The molecule has 2 atom stereocenters. The Labute approximate surface area is 83.4 Å². The molecule has 0 amide bonds. The van der Waals surface area contributed by atoms with Crippen molar-refractivity contribution < 1.29 is 0 Å². The van der Waals surface area contributed by atoms with Crippen LogP contribution in [0.3, 0.4) is 0 Å². The van der Waals surface area contributed by atoms with E-state index < -0.39 is 0 Å². The lowest BCUT2D eigenvalue weighted by Crippen LogP contribution is -2.08. The van der Waals surface area contributed by atoms with Crippen molar-refractivity contribution in [1.29, 1.82) is 0 Å². The Morgan fingerprint density at radius 1 is 1.31 bits per heavy atom. The van der Waals surface area contributed by atoms with E-state index in [4.69, 9.17) is 0 Å². The van der Waals surface area contributed by atoms with Gasteiger partial charge in [0.25, 0.3) is 0 Å². The minimum absolute atomic E-state index is 0.858. The van der Waals surface area contributed by atoms with Crippen LogP contribution < -0.4 is 0 Å². The van der Waals surface area contributed by atoms with Crippen molar-refractivity contribution >= 4 is 0 Å². The summed E-state index contributed by atoms with van der Waals surface area (Å²) >= 11 is 0. The van der Waals surface area contributed by atoms with E-state index in [-0.39, 0.29) is 0 Å². The van der Waals surface area contributed by atoms with Crippen molar-refractivity contribution in [3.05, 3.63) is 12.2 Å². The first kappa shape index (κ1) is 10.8. The molecule has 1 aliphatic rings. The van der Waals surface area contributed by atoms with Crippen molar-refractivity contribution in [1.82, 2.24) is 0 Å². The van der Waals surface area contributed by atoms with Gasteiger partial charge in [-0.2, -0.15) is 0 Å². The molecule has 0 bridgehead atoms. The molecule has 2 unspecified atom stereocenters. The minimum Gasteiger partial charge on any atom is -0.0999 e. The molecule has 0 aromatic carbocycles. The number of hydrogen-bond acceptors (Lipinski definition) is 0. The van der Waals surface area contributed by atoms with E-state index in [1.54, 1.807) is 0 Å². The van der Waals surface area contributed by atoms with E-state index in [0.29, 0.717) is 0 Å². The second-order valence-corrected chi connectivity index (χ2v) is 4.64. The third-order valence-electron chi connectivity index (χ3n) is 3.47. The van der Waals surface area contributed by atoms with Gasteiger partial charge in [0.2, 0.25) is 0 Å². The van der Waals surface area contributed by atoms with Crippen molar-refractivity contribution in [2.45, 2.75) is 58.8 Å². The van der Waals surface area contributed by atoms with Gasteiger partial charge in [0.05, 0.1) is 0 Å². The Kier molecular flexibility index (Phi) is 4.55. The Hall–Kier alpha value is -0.260. The quantitative estimate of drug-likeness (QED) is 0.430. The van der Waals surface area contributed by atoms with Crippen molar-refractivity contribution in [2.24, 2.45) is 11.8 Å². The van der Waals surface area contributed by atoms with Gasteiger partial charge in [-0.1, -0.05) is 44.8 Å². The lowest BCUT2D eigenvalue weighted by molar-refractivity contribution is 0.393. The predicted molar refractivity (Wildman–Crippen MR) is 59.8 cm³/mol. The van der Waals surface area contributed by atoms with Crippen LogP contribution in [0.15, 0.2) is 12.2 Å². The van der Waals surface area contributed by atoms with E-state index in [2.05, 4.69) is 20.4 Å². The van der Waals surface area contributed by atoms with Gasteiger partial charge in [0, 0.05) is 0 Å². The lowest BCUT2D eigenvalue weighted by Gasteiger charge is -2.19. The molecule has 1 aliphatic carbocycles. The largest absolute Gasteiger partial charge is 0.0999 e. The van der Waals surface area contributed by atoms with Crippen molar-refractivity contribution in [3.63, 3.8) is 0 Å². The summed E-state index contributed by atoms with van der Waals surface area (Å²) in [7, 11) is 0. The van der Waals surface area contributed by atoms with E-state index in [0.717, 1.165) is 11.8 Å². The molecule has 0 nitrogen and oxygen atoms in total. The van der Waals surface area contributed by atoms with Crippen LogP contribution in [0.5, 0.6) is 0 Å². The molecule has 0 N–H and O–H groups in total. The average Bonchev–Trinajstić information content (AvgIpc) is 2.53. The topological polar surface area (TPSA) is 0 Å². The summed E-state index contributed by atoms with van der Waals surface area (Å²) in [4.78, 5) is 0. The smallest absolute Gasteiger partial charge is 0.0180 e. The third-order valence-corrected chi connectivity index (χ3v) is 3.47. The number of hydrogen-bond donors (Lipinski definition) is 0. The maximum atomic E-state index is 4.12. The Balaban J connectivity index is 2.27. The maximum Gasteiger partial charge on any atom is -0.0180 e. The second-order valence-electron chi connectivity index (χ2n) is 4.64. The van der Waals surface area contributed by atoms with Crippen LogP contribution in [-0.4, -0.2) is 0 Å². The van der Waals surface area contributed by atoms with Crippen LogP contribution in [0, 0.1) is 11.8 Å². The zero-order valence-corrected chi connectivity index (χ0v) is 9.31. The highest BCUT2D eigenvalue weighted by Gasteiger charge is 2.26. The first-order valence-corrected chi connectivity index (χ1v) is 5.91. The monoisotopic (exact) mass is 180 g/mol. The molecule has 1 saturated carbocycles. The molecule has 13 heavy (non-hydrogen) atoms. The first-order valence-electron chi connectivity index (χ1n) is 5.91. The van der Waals surface area contributed by atoms with Gasteiger partial charge in [-0.15, -0.1) is 0 Å². The molecular weight excluding hydrogens is 156 g/mol. The summed E-state index contributed by atoms with van der Waals surface area (Å²) in [6.07, 6.45) is 9.96. The van der Waals surface area contributed by atoms with Crippen molar-refractivity contribution in [3.8, 4) is 0 Å². The molecule has 1 rings (SSSR count). The van der Waals surface area contributed by atoms with E-state index >= 15 is 0 Å². The maximum absolute atomic E-state index is 4.12. The van der Waals surface area contributed by atoms with Crippen LogP contribution >= 0.6 is 0 Å². The Morgan fingerprint density at radius 2 is 2.08 bits per heavy atom. The fourth-order valence-corrected chi connectivity index (χ4v) is 2.69. The summed E-state index contributed by atoms with van der Waals surface area (Å²) in [6.45, 7) is 8.61. The molecule has 76 valence electrons. The van der Waals surface area contributed by atoms with Gasteiger partial charge < -0.3 is 0 Å². The fraction of sp³-hybridized carbons (Fsp3) is 0.846. The van der Waals surface area contributed by atoms with Crippen LogP contribution in [0.1, 0.15) is 58.8 Å². The molecule has 0 saturated heterocycles. The molecule has 0 aromatic heterocycles. The molecule has 0 heteroatoms. The zero-order valence-electron chi connectivity index (χ0n) is 9.31. The predicted octanol–water partition coefficient (Wildman–Crippen LogP) is 4.56. The van der Waals surface area contributed by atoms with Crippen LogP contribution in [0.4, 0.5) is 0 Å². The van der Waals surface area contributed by atoms with E-state index in [9.17, 15) is 0 Å². The summed E-state index contributed by atoms with van der Waals surface area (Å²) < 4.78 is 0. The van der Waals surface area contributed by atoms with Gasteiger partial charge in [-0.3, -0.25) is 0 Å². The lowest BCUT2D eigenvalue weighted by atomic mass is 9.86. The van der Waals surface area contributed by atoms with Gasteiger partial charge in [0.1, 0.15) is 0 Å². The summed E-state index contributed by atoms with van der Waals surface area (Å²) in [5.41, 5.74) is 1.43. The summed E-state index contributed by atoms with van der Waals surface area (Å²) in [6, 6.07) is 0. The fourth-order valence-electron chi connectivity index (χ4n) is 2.69. The SMILES string of the molecule is C=C(C)C1CCCC1CCCCC. The third kappa shape index (κ3) is 3.17. The van der Waals surface area contributed by atoms with Crippen LogP contribution in [-0.2, 0) is 0 Å². The van der Waals surface area contributed by atoms with Gasteiger partial charge in [0.15, 0.2) is 0 Å². The van der Waals surface area contributed by atoms with Crippen molar-refractivity contribution in [2.75, 3.05) is 0 Å². The molecular formula is C13H24. The summed E-state index contributed by atoms with van der Waals surface area (Å²) in [5.74, 6) is 1.83. The Morgan fingerprint density at radius 3 is 2.69 bits per heavy atom.